The van der Waals surface area contributed by atoms with Gasteiger partial charge in [0.05, 0.1) is 5.56 Å². The number of rotatable bonds is 6. The zero-order chi connectivity index (χ0) is 20.0. The minimum Gasteiger partial charge on any atom is -0.341 e. The molecule has 2 amide bonds. The Morgan fingerprint density at radius 3 is 2.26 bits per heavy atom. The maximum atomic E-state index is 12.9. The zero-order valence-electron chi connectivity index (χ0n) is 15.2. The Balaban J connectivity index is 2.04. The molecule has 0 bridgehead atoms. The van der Waals surface area contributed by atoms with Crippen LogP contribution < -0.4 is 4.90 Å². The Labute approximate surface area is 156 Å². The number of alkyl halides is 3. The Morgan fingerprint density at radius 2 is 1.67 bits per heavy atom. The van der Waals surface area contributed by atoms with Crippen molar-refractivity contribution in [3.05, 3.63) is 65.7 Å². The van der Waals surface area contributed by atoms with Gasteiger partial charge in [-0.15, -0.1) is 0 Å². The van der Waals surface area contributed by atoms with Gasteiger partial charge in [0.15, 0.2) is 0 Å². The normalized spacial score (nSPS) is 11.1. The summed E-state index contributed by atoms with van der Waals surface area (Å²) in [5.74, 6) is -0.620. The van der Waals surface area contributed by atoms with E-state index in [1.165, 1.54) is 28.9 Å². The lowest BCUT2D eigenvalue weighted by atomic mass is 10.1. The number of hydrogen-bond acceptors (Lipinski definition) is 2. The fourth-order valence-corrected chi connectivity index (χ4v) is 2.66. The predicted molar refractivity (Wildman–Crippen MR) is 97.0 cm³/mol. The summed E-state index contributed by atoms with van der Waals surface area (Å²) >= 11 is 0. The zero-order valence-corrected chi connectivity index (χ0v) is 15.2. The molecule has 27 heavy (non-hydrogen) atoms. The van der Waals surface area contributed by atoms with Gasteiger partial charge in [-0.3, -0.25) is 9.59 Å². The van der Waals surface area contributed by atoms with Crippen LogP contribution in [0.25, 0.3) is 0 Å². The van der Waals surface area contributed by atoms with Gasteiger partial charge >= 0.3 is 6.18 Å². The van der Waals surface area contributed by atoms with Crippen LogP contribution in [0, 0.1) is 0 Å². The van der Waals surface area contributed by atoms with Crippen molar-refractivity contribution in [3.63, 3.8) is 0 Å². The topological polar surface area (TPSA) is 40.6 Å². The van der Waals surface area contributed by atoms with Crippen LogP contribution in [0.3, 0.4) is 0 Å². The number of nitrogens with zero attached hydrogens (tertiary/aromatic N) is 2. The van der Waals surface area contributed by atoms with E-state index in [-0.39, 0.29) is 24.6 Å². The van der Waals surface area contributed by atoms with Crippen LogP contribution in [0.2, 0.25) is 0 Å². The summed E-state index contributed by atoms with van der Waals surface area (Å²) in [6.45, 7) is 1.69. The number of anilines is 1. The number of carbonyl (C=O) groups is 2. The molecule has 0 aliphatic carbocycles. The molecular weight excluding hydrogens is 357 g/mol. The first-order chi connectivity index (χ1) is 12.7. The molecule has 0 aromatic heterocycles. The predicted octanol–water partition coefficient (Wildman–Crippen LogP) is 4.11. The molecule has 0 aliphatic rings. The third-order valence-electron chi connectivity index (χ3n) is 4.10. The first-order valence-electron chi connectivity index (χ1n) is 8.41. The molecule has 2 rings (SSSR count). The van der Waals surface area contributed by atoms with Crippen molar-refractivity contribution in [3.8, 4) is 0 Å². The molecular formula is C20H21F3N2O2. The summed E-state index contributed by atoms with van der Waals surface area (Å²) in [5, 5.41) is 0. The molecule has 0 spiro atoms. The summed E-state index contributed by atoms with van der Waals surface area (Å²) in [5.41, 5.74) is 0.254. The van der Waals surface area contributed by atoms with E-state index >= 15 is 0 Å². The second-order valence-corrected chi connectivity index (χ2v) is 6.20. The van der Waals surface area contributed by atoms with E-state index in [0.29, 0.717) is 6.54 Å². The van der Waals surface area contributed by atoms with Crippen LogP contribution >= 0.6 is 0 Å². The van der Waals surface area contributed by atoms with Gasteiger partial charge in [-0.1, -0.05) is 36.4 Å². The lowest BCUT2D eigenvalue weighted by molar-refractivity contribution is -0.137. The Hall–Kier alpha value is -2.83. The van der Waals surface area contributed by atoms with Gasteiger partial charge in [0.25, 0.3) is 0 Å². The minimum absolute atomic E-state index is 0.00854. The highest BCUT2D eigenvalue weighted by molar-refractivity contribution is 5.92. The molecule has 0 saturated heterocycles. The van der Waals surface area contributed by atoms with E-state index in [1.54, 1.807) is 7.05 Å². The highest BCUT2D eigenvalue weighted by Gasteiger charge is 2.31. The van der Waals surface area contributed by atoms with Crippen LogP contribution in [0.5, 0.6) is 0 Å². The van der Waals surface area contributed by atoms with Crippen molar-refractivity contribution in [1.82, 2.24) is 4.90 Å². The van der Waals surface area contributed by atoms with Gasteiger partial charge in [-0.05, 0) is 23.8 Å². The lowest BCUT2D eigenvalue weighted by Gasteiger charge is -2.24. The SMILES string of the molecule is CC(=O)N(CCC(=O)N(C)Cc1ccccc1)c1cccc(C(F)(F)F)c1. The Morgan fingerprint density at radius 1 is 1.00 bits per heavy atom. The first kappa shape index (κ1) is 20.5. The molecule has 0 aliphatic heterocycles. The van der Waals surface area contributed by atoms with E-state index in [1.807, 2.05) is 30.3 Å². The van der Waals surface area contributed by atoms with Crippen molar-refractivity contribution in [2.75, 3.05) is 18.5 Å². The monoisotopic (exact) mass is 378 g/mol. The molecule has 0 fully saturated rings. The first-order valence-corrected chi connectivity index (χ1v) is 8.41. The standard InChI is InChI=1S/C20H21F3N2O2/c1-15(26)25(18-10-6-9-17(13-18)20(21,22)23)12-11-19(27)24(2)14-16-7-4-3-5-8-16/h3-10,13H,11-12,14H2,1-2H3. The fourth-order valence-electron chi connectivity index (χ4n) is 2.66. The highest BCUT2D eigenvalue weighted by atomic mass is 19.4. The third-order valence-corrected chi connectivity index (χ3v) is 4.10. The minimum atomic E-state index is -4.50. The fraction of sp³-hybridized carbons (Fsp3) is 0.300. The summed E-state index contributed by atoms with van der Waals surface area (Å²) in [4.78, 5) is 27.0. The summed E-state index contributed by atoms with van der Waals surface area (Å²) < 4.78 is 38.7. The van der Waals surface area contributed by atoms with E-state index in [0.717, 1.165) is 17.7 Å². The maximum absolute atomic E-state index is 12.9. The molecule has 0 saturated carbocycles. The molecule has 2 aromatic rings. The van der Waals surface area contributed by atoms with Gasteiger partial charge in [0.1, 0.15) is 0 Å². The number of benzene rings is 2. The summed E-state index contributed by atoms with van der Waals surface area (Å²) in [6, 6.07) is 14.0. The van der Waals surface area contributed by atoms with Gasteiger partial charge in [0.2, 0.25) is 11.8 Å². The molecule has 0 heterocycles. The van der Waals surface area contributed by atoms with Crippen molar-refractivity contribution in [2.45, 2.75) is 26.1 Å². The van der Waals surface area contributed by atoms with Crippen LogP contribution in [0.1, 0.15) is 24.5 Å². The Bertz CT molecular complexity index is 791. The lowest BCUT2D eigenvalue weighted by Crippen LogP contribution is -2.34. The van der Waals surface area contributed by atoms with E-state index in [2.05, 4.69) is 0 Å². The van der Waals surface area contributed by atoms with Crippen LogP contribution in [0.15, 0.2) is 54.6 Å². The van der Waals surface area contributed by atoms with E-state index in [9.17, 15) is 22.8 Å². The average Bonchev–Trinajstić information content (AvgIpc) is 2.62. The average molecular weight is 378 g/mol. The number of hydrogen-bond donors (Lipinski definition) is 0. The van der Waals surface area contributed by atoms with E-state index < -0.39 is 17.6 Å². The van der Waals surface area contributed by atoms with Gasteiger partial charge in [-0.2, -0.15) is 13.2 Å². The van der Waals surface area contributed by atoms with Gasteiger partial charge < -0.3 is 9.80 Å². The van der Waals surface area contributed by atoms with Crippen molar-refractivity contribution >= 4 is 17.5 Å². The van der Waals surface area contributed by atoms with Gasteiger partial charge in [0, 0.05) is 39.2 Å². The van der Waals surface area contributed by atoms with Crippen molar-refractivity contribution in [1.29, 1.82) is 0 Å². The van der Waals surface area contributed by atoms with Gasteiger partial charge in [-0.25, -0.2) is 0 Å². The van der Waals surface area contributed by atoms with Crippen LogP contribution in [-0.4, -0.2) is 30.3 Å². The van der Waals surface area contributed by atoms with E-state index in [4.69, 9.17) is 0 Å². The molecule has 4 nitrogen and oxygen atoms in total. The molecule has 0 N–H and O–H groups in total. The number of halogens is 3. The number of carbonyl (C=O) groups excluding carboxylic acids is 2. The number of amides is 2. The second-order valence-electron chi connectivity index (χ2n) is 6.20. The molecule has 7 heteroatoms. The quantitative estimate of drug-likeness (QED) is 0.759. The maximum Gasteiger partial charge on any atom is 0.416 e. The summed E-state index contributed by atoms with van der Waals surface area (Å²) in [7, 11) is 1.65. The Kier molecular flexibility index (Phi) is 6.60. The molecule has 0 unspecified atom stereocenters. The smallest absolute Gasteiger partial charge is 0.341 e. The van der Waals surface area contributed by atoms with Crippen molar-refractivity contribution < 1.29 is 22.8 Å². The molecule has 2 aromatic carbocycles. The highest BCUT2D eigenvalue weighted by Crippen LogP contribution is 2.31. The van der Waals surface area contributed by atoms with Crippen LogP contribution in [-0.2, 0) is 22.3 Å². The van der Waals surface area contributed by atoms with Crippen molar-refractivity contribution in [2.24, 2.45) is 0 Å². The molecule has 0 radical (unpaired) electrons. The van der Waals surface area contributed by atoms with Crippen LogP contribution in [0.4, 0.5) is 18.9 Å². The summed E-state index contributed by atoms with van der Waals surface area (Å²) in [6.07, 6.45) is -4.48. The second kappa shape index (κ2) is 8.70. The molecule has 0 atom stereocenters. The largest absolute Gasteiger partial charge is 0.416 e. The third kappa shape index (κ3) is 5.84. The molecule has 144 valence electrons.